The first kappa shape index (κ1) is 12.5. The Kier molecular flexibility index (Phi) is 4.08. The van der Waals surface area contributed by atoms with E-state index in [4.69, 9.17) is 10.5 Å². The van der Waals surface area contributed by atoms with Crippen molar-refractivity contribution in [3.63, 3.8) is 0 Å². The predicted octanol–water partition coefficient (Wildman–Crippen LogP) is 1.88. The second-order valence-electron chi connectivity index (χ2n) is 3.69. The number of nitriles is 2. The summed E-state index contributed by atoms with van der Waals surface area (Å²) in [6.45, 7) is 2.01. The largest absolute Gasteiger partial charge is 0.377 e. The molecule has 5 nitrogen and oxygen atoms in total. The first-order chi connectivity index (χ1) is 8.08. The molecule has 0 fully saturated rings. The third kappa shape index (κ3) is 3.22. The zero-order chi connectivity index (χ0) is 12.8. The second kappa shape index (κ2) is 5.53. The van der Waals surface area contributed by atoms with Crippen LogP contribution in [0.15, 0.2) is 23.3 Å². The second-order valence-corrected chi connectivity index (χ2v) is 3.69. The van der Waals surface area contributed by atoms with Gasteiger partial charge in [0.1, 0.15) is 12.1 Å². The number of hydrazone groups is 1. The number of aryl methyl sites for hydroxylation is 1. The molecule has 0 amide bonds. The molecule has 17 heavy (non-hydrogen) atoms. The Hall–Kier alpha value is -2.53. The molecule has 0 radical (unpaired) electrons. The van der Waals surface area contributed by atoms with Crippen molar-refractivity contribution >= 4 is 17.1 Å². The lowest BCUT2D eigenvalue weighted by molar-refractivity contribution is 1.11. The average molecular weight is 227 g/mol. The van der Waals surface area contributed by atoms with Crippen molar-refractivity contribution in [3.05, 3.63) is 23.8 Å². The number of benzene rings is 1. The van der Waals surface area contributed by atoms with Gasteiger partial charge in [-0.2, -0.15) is 15.6 Å². The monoisotopic (exact) mass is 227 g/mol. The molecule has 0 unspecified atom stereocenters. The Labute approximate surface area is 101 Å². The number of hydrogen-bond acceptors (Lipinski definition) is 5. The lowest BCUT2D eigenvalue weighted by Crippen LogP contribution is -2.10. The Bertz CT molecular complexity index is 501. The van der Waals surface area contributed by atoms with Crippen LogP contribution in [0.25, 0.3) is 0 Å². The summed E-state index contributed by atoms with van der Waals surface area (Å²) in [6, 6.07) is 9.08. The minimum Gasteiger partial charge on any atom is -0.377 e. The third-order valence-corrected chi connectivity index (χ3v) is 2.20. The van der Waals surface area contributed by atoms with Crippen molar-refractivity contribution in [2.75, 3.05) is 24.4 Å². The normalized spacial score (nSPS) is 8.76. The highest BCUT2D eigenvalue weighted by molar-refractivity contribution is 6.10. The Balaban J connectivity index is 2.96. The van der Waals surface area contributed by atoms with Gasteiger partial charge in [-0.3, -0.25) is 5.43 Å². The van der Waals surface area contributed by atoms with Gasteiger partial charge in [0.2, 0.25) is 5.71 Å². The number of anilines is 2. The number of nitrogens with zero attached hydrogens (tertiary/aromatic N) is 4. The lowest BCUT2D eigenvalue weighted by Gasteiger charge is -2.16. The molecule has 0 spiro atoms. The Morgan fingerprint density at radius 1 is 1.29 bits per heavy atom. The van der Waals surface area contributed by atoms with E-state index in [0.717, 1.165) is 16.9 Å². The minimum atomic E-state index is -0.197. The first-order valence-electron chi connectivity index (χ1n) is 5.00. The Morgan fingerprint density at radius 2 is 1.94 bits per heavy atom. The average Bonchev–Trinajstić information content (AvgIpc) is 2.32. The molecule has 5 heteroatoms. The van der Waals surface area contributed by atoms with Crippen LogP contribution in [0.4, 0.5) is 11.4 Å². The molecule has 0 aliphatic heterocycles. The number of hydrogen-bond donors (Lipinski definition) is 1. The molecule has 1 rings (SSSR count). The van der Waals surface area contributed by atoms with Crippen LogP contribution in [0.5, 0.6) is 0 Å². The fraction of sp³-hybridized carbons (Fsp3) is 0.250. The molecule has 0 aliphatic carbocycles. The van der Waals surface area contributed by atoms with Crippen molar-refractivity contribution in [2.45, 2.75) is 6.92 Å². The molecule has 0 atom stereocenters. The van der Waals surface area contributed by atoms with Gasteiger partial charge in [-0.15, -0.1) is 0 Å². The summed E-state index contributed by atoms with van der Waals surface area (Å²) >= 11 is 0. The molecular formula is C12H13N5. The van der Waals surface area contributed by atoms with Gasteiger partial charge in [0.15, 0.2) is 0 Å². The lowest BCUT2D eigenvalue weighted by atomic mass is 10.1. The first-order valence-corrected chi connectivity index (χ1v) is 5.00. The minimum absolute atomic E-state index is 0.197. The van der Waals surface area contributed by atoms with Gasteiger partial charge in [-0.25, -0.2) is 0 Å². The van der Waals surface area contributed by atoms with Crippen molar-refractivity contribution in [1.82, 2.24) is 0 Å². The Morgan fingerprint density at radius 3 is 2.47 bits per heavy atom. The van der Waals surface area contributed by atoms with Crippen LogP contribution < -0.4 is 10.3 Å². The fourth-order valence-corrected chi connectivity index (χ4v) is 1.36. The van der Waals surface area contributed by atoms with Gasteiger partial charge in [-0.05, 0) is 24.6 Å². The molecule has 0 saturated heterocycles. The van der Waals surface area contributed by atoms with Crippen LogP contribution in [0.3, 0.4) is 0 Å². The van der Waals surface area contributed by atoms with Gasteiger partial charge in [0.25, 0.3) is 0 Å². The summed E-state index contributed by atoms with van der Waals surface area (Å²) in [5.41, 5.74) is 5.43. The maximum absolute atomic E-state index is 8.54. The molecule has 1 aromatic rings. The third-order valence-electron chi connectivity index (χ3n) is 2.20. The molecular weight excluding hydrogens is 214 g/mol. The maximum Gasteiger partial charge on any atom is 0.237 e. The molecule has 1 aromatic carbocycles. The van der Waals surface area contributed by atoms with Gasteiger partial charge in [0, 0.05) is 19.8 Å². The van der Waals surface area contributed by atoms with E-state index >= 15 is 0 Å². The SMILES string of the molecule is Cc1ccc(NN=C(C#N)C#N)cc1N(C)C. The molecule has 0 aromatic heterocycles. The fourth-order valence-electron chi connectivity index (χ4n) is 1.36. The van der Waals surface area contributed by atoms with Crippen molar-refractivity contribution in [3.8, 4) is 12.1 Å². The highest BCUT2D eigenvalue weighted by atomic mass is 15.3. The maximum atomic E-state index is 8.54. The van der Waals surface area contributed by atoms with Crippen molar-refractivity contribution in [2.24, 2.45) is 5.10 Å². The quantitative estimate of drug-likeness (QED) is 0.632. The highest BCUT2D eigenvalue weighted by Crippen LogP contribution is 2.22. The van der Waals surface area contributed by atoms with Crippen LogP contribution in [-0.2, 0) is 0 Å². The summed E-state index contributed by atoms with van der Waals surface area (Å²) in [7, 11) is 3.90. The van der Waals surface area contributed by atoms with Crippen LogP contribution in [0.1, 0.15) is 5.56 Å². The molecule has 0 saturated carbocycles. The summed E-state index contributed by atoms with van der Waals surface area (Å²) in [5, 5.41) is 20.8. The van der Waals surface area contributed by atoms with Gasteiger partial charge < -0.3 is 4.90 Å². The summed E-state index contributed by atoms with van der Waals surface area (Å²) in [6.07, 6.45) is 0. The standard InChI is InChI=1S/C12H13N5/c1-9-4-5-10(6-12(9)17(2)3)15-16-11(7-13)8-14/h4-6,15H,1-3H3. The zero-order valence-electron chi connectivity index (χ0n) is 10.0. The van der Waals surface area contributed by atoms with E-state index in [-0.39, 0.29) is 5.71 Å². The van der Waals surface area contributed by atoms with Gasteiger partial charge in [-0.1, -0.05) is 6.07 Å². The van der Waals surface area contributed by atoms with E-state index in [1.807, 2.05) is 44.1 Å². The zero-order valence-corrected chi connectivity index (χ0v) is 10.0. The van der Waals surface area contributed by atoms with Crippen molar-refractivity contribution in [1.29, 1.82) is 10.5 Å². The number of rotatable bonds is 3. The summed E-state index contributed by atoms with van der Waals surface area (Å²) in [5.74, 6) is 0. The van der Waals surface area contributed by atoms with Crippen molar-refractivity contribution < 1.29 is 0 Å². The molecule has 0 aliphatic rings. The number of nitrogens with one attached hydrogen (secondary N) is 1. The van der Waals surface area contributed by atoms with E-state index in [9.17, 15) is 0 Å². The van der Waals surface area contributed by atoms with Crippen LogP contribution in [0.2, 0.25) is 0 Å². The van der Waals surface area contributed by atoms with E-state index < -0.39 is 0 Å². The van der Waals surface area contributed by atoms with Crippen LogP contribution in [-0.4, -0.2) is 19.8 Å². The molecule has 0 heterocycles. The summed E-state index contributed by atoms with van der Waals surface area (Å²) < 4.78 is 0. The smallest absolute Gasteiger partial charge is 0.237 e. The summed E-state index contributed by atoms with van der Waals surface area (Å²) in [4.78, 5) is 1.99. The van der Waals surface area contributed by atoms with Crippen LogP contribution in [0, 0.1) is 29.6 Å². The highest BCUT2D eigenvalue weighted by Gasteiger charge is 2.02. The predicted molar refractivity (Wildman–Crippen MR) is 67.8 cm³/mol. The van der Waals surface area contributed by atoms with Gasteiger partial charge >= 0.3 is 0 Å². The topological polar surface area (TPSA) is 75.2 Å². The van der Waals surface area contributed by atoms with E-state index in [0.29, 0.717) is 0 Å². The van der Waals surface area contributed by atoms with Gasteiger partial charge in [0.05, 0.1) is 5.69 Å². The molecule has 86 valence electrons. The molecule has 0 bridgehead atoms. The van der Waals surface area contributed by atoms with E-state index in [1.165, 1.54) is 0 Å². The molecule has 1 N–H and O–H groups in total. The van der Waals surface area contributed by atoms with E-state index in [2.05, 4.69) is 10.5 Å². The van der Waals surface area contributed by atoms with E-state index in [1.54, 1.807) is 12.1 Å². The van der Waals surface area contributed by atoms with Crippen LogP contribution >= 0.6 is 0 Å².